The molecule has 8 N–H and O–H groups in total. The molecule has 2 saturated heterocycles. The Hall–Kier alpha value is -0.400. The van der Waals surface area contributed by atoms with E-state index in [0.29, 0.717) is 0 Å². The van der Waals surface area contributed by atoms with Crippen molar-refractivity contribution >= 4 is 0 Å². The molecule has 0 aliphatic carbocycles. The molecule has 0 unspecified atom stereocenters. The number of hydrogen-bond acceptors (Lipinski definition) is 10. The average molecular weight is 300 g/mol. The van der Waals surface area contributed by atoms with Crippen LogP contribution >= 0.6 is 0 Å². The maximum atomic E-state index is 8.93. The lowest BCUT2D eigenvalue weighted by Gasteiger charge is -2.09. The van der Waals surface area contributed by atoms with Gasteiger partial charge in [-0.05, 0) is 0 Å². The van der Waals surface area contributed by atoms with Crippen molar-refractivity contribution in [1.82, 2.24) is 0 Å². The lowest BCUT2D eigenvalue weighted by molar-refractivity contribution is -0.133. The lowest BCUT2D eigenvalue weighted by Crippen LogP contribution is -2.33. The van der Waals surface area contributed by atoms with E-state index in [1.165, 1.54) is 0 Å². The largest absolute Gasteiger partial charge is 0.394 e. The highest BCUT2D eigenvalue weighted by Gasteiger charge is 2.41. The molecule has 0 amide bonds. The first kappa shape index (κ1) is 17.7. The second-order valence-electron chi connectivity index (χ2n) is 4.46. The topological polar surface area (TPSA) is 180 Å². The highest BCUT2D eigenvalue weighted by Crippen LogP contribution is 2.19. The number of aliphatic hydroxyl groups excluding tert-OH is 8. The van der Waals surface area contributed by atoms with E-state index in [1.807, 2.05) is 0 Å². The van der Waals surface area contributed by atoms with E-state index in [-0.39, 0.29) is 0 Å². The molecular weight excluding hydrogens is 280 g/mol. The van der Waals surface area contributed by atoms with E-state index < -0.39 is 62.4 Å². The third kappa shape index (κ3) is 3.83. The van der Waals surface area contributed by atoms with Gasteiger partial charge in [0.15, 0.2) is 12.6 Å². The van der Waals surface area contributed by atoms with Crippen molar-refractivity contribution in [2.45, 2.75) is 49.2 Å². The number of ether oxygens (including phenoxy) is 2. The van der Waals surface area contributed by atoms with Gasteiger partial charge < -0.3 is 50.3 Å². The van der Waals surface area contributed by atoms with Crippen molar-refractivity contribution in [1.29, 1.82) is 0 Å². The van der Waals surface area contributed by atoms with Gasteiger partial charge in [0.05, 0.1) is 13.2 Å². The Morgan fingerprint density at radius 2 is 0.850 bits per heavy atom. The van der Waals surface area contributed by atoms with Crippen LogP contribution in [0.15, 0.2) is 0 Å². The highest BCUT2D eigenvalue weighted by atomic mass is 16.7. The van der Waals surface area contributed by atoms with E-state index >= 15 is 0 Å². The molecule has 0 radical (unpaired) electrons. The zero-order chi connectivity index (χ0) is 15.4. The summed E-state index contributed by atoms with van der Waals surface area (Å²) < 4.78 is 9.08. The van der Waals surface area contributed by atoms with Gasteiger partial charge in [0.2, 0.25) is 0 Å². The number of aliphatic hydroxyl groups is 8. The van der Waals surface area contributed by atoms with Crippen LogP contribution in [-0.4, -0.2) is 103 Å². The van der Waals surface area contributed by atoms with Gasteiger partial charge in [-0.3, -0.25) is 0 Å². The van der Waals surface area contributed by atoms with E-state index in [0.717, 1.165) is 0 Å². The van der Waals surface area contributed by atoms with Crippen molar-refractivity contribution in [3.05, 3.63) is 0 Å². The van der Waals surface area contributed by atoms with Crippen LogP contribution in [0.2, 0.25) is 0 Å². The summed E-state index contributed by atoms with van der Waals surface area (Å²) in [6, 6.07) is 0. The molecule has 2 aliphatic heterocycles. The second kappa shape index (κ2) is 7.56. The standard InChI is InChI=1S/2C5H10O5/c2*6-1-2-3(7)4(8)5(9)10-2/h2*2-9H,1H2/t2*2-,3-,4-,5-/m11/s1. The molecule has 2 rings (SSSR count). The molecule has 10 heteroatoms. The molecule has 2 aliphatic rings. The quantitative estimate of drug-likeness (QED) is 0.245. The molecule has 2 heterocycles. The fourth-order valence-corrected chi connectivity index (χ4v) is 1.76. The van der Waals surface area contributed by atoms with Crippen molar-refractivity contribution in [3.63, 3.8) is 0 Å². The summed E-state index contributed by atoms with van der Waals surface area (Å²) in [5, 5.41) is 69.9. The zero-order valence-electron chi connectivity index (χ0n) is 10.4. The minimum atomic E-state index is -1.38. The highest BCUT2D eigenvalue weighted by molar-refractivity contribution is 4.85. The van der Waals surface area contributed by atoms with Crippen LogP contribution in [0.1, 0.15) is 0 Å². The average Bonchev–Trinajstić information content (AvgIpc) is 2.84. The summed E-state index contributed by atoms with van der Waals surface area (Å²) in [7, 11) is 0. The Bertz CT molecular complexity index is 261. The molecule has 8 atom stereocenters. The zero-order valence-corrected chi connectivity index (χ0v) is 10.4. The molecule has 0 spiro atoms. The molecule has 0 saturated carbocycles. The summed E-state index contributed by atoms with van der Waals surface area (Å²) >= 11 is 0. The predicted octanol–water partition coefficient (Wildman–Crippen LogP) is -5.16. The van der Waals surface area contributed by atoms with Crippen molar-refractivity contribution in [2.75, 3.05) is 13.2 Å². The first-order chi connectivity index (χ1) is 9.33. The number of hydrogen-bond donors (Lipinski definition) is 8. The van der Waals surface area contributed by atoms with Crippen molar-refractivity contribution in [3.8, 4) is 0 Å². The van der Waals surface area contributed by atoms with Gasteiger partial charge in [-0.2, -0.15) is 0 Å². The fourth-order valence-electron chi connectivity index (χ4n) is 1.76. The molecule has 0 aromatic carbocycles. The third-order valence-electron chi connectivity index (χ3n) is 3.03. The van der Waals surface area contributed by atoms with Crippen LogP contribution in [0.25, 0.3) is 0 Å². The van der Waals surface area contributed by atoms with Gasteiger partial charge in [0.25, 0.3) is 0 Å². The smallest absolute Gasteiger partial charge is 0.184 e. The Labute approximate surface area is 114 Å². The number of rotatable bonds is 2. The summed E-state index contributed by atoms with van der Waals surface area (Å²) in [6.07, 6.45) is -9.51. The summed E-state index contributed by atoms with van der Waals surface area (Å²) in [6.45, 7) is -0.815. The Kier molecular flexibility index (Phi) is 6.68. The van der Waals surface area contributed by atoms with Crippen molar-refractivity contribution in [2.24, 2.45) is 0 Å². The Balaban J connectivity index is 0.000000200. The van der Waals surface area contributed by atoms with Gasteiger partial charge in [-0.15, -0.1) is 0 Å². The van der Waals surface area contributed by atoms with E-state index in [4.69, 9.17) is 40.9 Å². The monoisotopic (exact) mass is 300 g/mol. The van der Waals surface area contributed by atoms with E-state index in [1.54, 1.807) is 0 Å². The Morgan fingerprint density at radius 1 is 0.550 bits per heavy atom. The third-order valence-corrected chi connectivity index (χ3v) is 3.03. The summed E-state index contributed by atoms with van der Waals surface area (Å²) in [5.74, 6) is 0. The van der Waals surface area contributed by atoms with Crippen LogP contribution in [-0.2, 0) is 9.47 Å². The summed E-state index contributed by atoms with van der Waals surface area (Å²) in [5.41, 5.74) is 0. The van der Waals surface area contributed by atoms with Crippen molar-refractivity contribution < 1.29 is 50.3 Å². The minimum absolute atomic E-state index is 0.407. The molecular formula is C10H20O10. The predicted molar refractivity (Wildman–Crippen MR) is 60.0 cm³/mol. The van der Waals surface area contributed by atoms with Crippen LogP contribution in [0, 0.1) is 0 Å². The second-order valence-corrected chi connectivity index (χ2v) is 4.46. The molecule has 10 nitrogen and oxygen atoms in total. The molecule has 2 fully saturated rings. The van der Waals surface area contributed by atoms with Gasteiger partial charge in [-0.25, -0.2) is 0 Å². The maximum absolute atomic E-state index is 8.93. The van der Waals surface area contributed by atoms with Gasteiger partial charge in [0.1, 0.15) is 36.6 Å². The SMILES string of the molecule is OC[C@H]1O[C@@H](O)[C@H](O)[C@@H]1O.OC[C@H]1O[C@@H](O)[C@H](O)[C@@H]1O. The van der Waals surface area contributed by atoms with Gasteiger partial charge >= 0.3 is 0 Å². The van der Waals surface area contributed by atoms with E-state index in [9.17, 15) is 0 Å². The molecule has 0 bridgehead atoms. The first-order valence-corrected chi connectivity index (χ1v) is 5.94. The Morgan fingerprint density at radius 3 is 0.950 bits per heavy atom. The van der Waals surface area contributed by atoms with Gasteiger partial charge in [0, 0.05) is 0 Å². The van der Waals surface area contributed by atoms with E-state index in [2.05, 4.69) is 9.47 Å². The van der Waals surface area contributed by atoms with Gasteiger partial charge in [-0.1, -0.05) is 0 Å². The van der Waals surface area contributed by atoms with Crippen LogP contribution in [0.4, 0.5) is 0 Å². The first-order valence-electron chi connectivity index (χ1n) is 5.94. The van der Waals surface area contributed by atoms with Crippen LogP contribution in [0.3, 0.4) is 0 Å². The summed E-state index contributed by atoms with van der Waals surface area (Å²) in [4.78, 5) is 0. The molecule has 0 aromatic heterocycles. The fraction of sp³-hybridized carbons (Fsp3) is 1.00. The van der Waals surface area contributed by atoms with Crippen LogP contribution < -0.4 is 0 Å². The minimum Gasteiger partial charge on any atom is -0.394 e. The molecule has 0 aromatic rings. The maximum Gasteiger partial charge on any atom is 0.184 e. The normalized spacial score (nSPS) is 48.0. The van der Waals surface area contributed by atoms with Crippen LogP contribution in [0.5, 0.6) is 0 Å². The molecule has 120 valence electrons. The lowest BCUT2D eigenvalue weighted by atomic mass is 10.1. The molecule has 20 heavy (non-hydrogen) atoms.